The number of carboxylic acids is 1. The average Bonchev–Trinajstić information content (AvgIpc) is 2.96. The molecule has 2 aromatic rings. The van der Waals surface area contributed by atoms with Gasteiger partial charge in [-0.1, -0.05) is 24.3 Å². The molecule has 0 unspecified atom stereocenters. The van der Waals surface area contributed by atoms with Gasteiger partial charge < -0.3 is 14.6 Å². The minimum Gasteiger partial charge on any atom is -0.502 e. The summed E-state index contributed by atoms with van der Waals surface area (Å²) in [4.78, 5) is 33.4. The van der Waals surface area contributed by atoms with E-state index in [-0.39, 0.29) is 11.5 Å². The van der Waals surface area contributed by atoms with Crippen LogP contribution >= 0.6 is 0 Å². The summed E-state index contributed by atoms with van der Waals surface area (Å²) < 4.78 is 5.34. The van der Waals surface area contributed by atoms with Crippen LogP contribution in [0.2, 0.25) is 0 Å². The molecule has 0 radical (unpaired) electrons. The topological polar surface area (TPSA) is 105 Å². The molecule has 1 heterocycles. The Labute approximate surface area is 131 Å². The first-order chi connectivity index (χ1) is 10.9. The van der Waals surface area contributed by atoms with Crippen molar-refractivity contribution >= 4 is 17.5 Å². The SMILES string of the molecule is CC(=O)c1ccc(Cc2ccc(C(=O)/C=C(\O)C(=O)O)o2)cc1. The molecule has 0 spiro atoms. The number of rotatable bonds is 6. The van der Waals surface area contributed by atoms with Gasteiger partial charge in [-0.25, -0.2) is 4.79 Å². The molecule has 0 atom stereocenters. The number of allylic oxidation sites excluding steroid dienone is 1. The highest BCUT2D eigenvalue weighted by Gasteiger charge is 2.13. The molecule has 0 aliphatic heterocycles. The molecule has 0 saturated heterocycles. The largest absolute Gasteiger partial charge is 0.502 e. The van der Waals surface area contributed by atoms with Gasteiger partial charge in [0.1, 0.15) is 5.76 Å². The minimum atomic E-state index is -1.59. The summed E-state index contributed by atoms with van der Waals surface area (Å²) in [5, 5.41) is 17.6. The molecule has 0 bridgehead atoms. The fraction of sp³-hybridized carbons (Fsp3) is 0.118. The standard InChI is InChI=1S/C17H14O6/c1-10(18)12-4-2-11(3-5-12)8-13-6-7-16(23-13)14(19)9-15(20)17(21)22/h2-7,9,20H,8H2,1H3,(H,21,22)/b15-9-. The van der Waals surface area contributed by atoms with E-state index in [0.717, 1.165) is 5.56 Å². The van der Waals surface area contributed by atoms with Crippen LogP contribution in [0.15, 0.2) is 52.7 Å². The molecule has 6 heteroatoms. The van der Waals surface area contributed by atoms with Crippen LogP contribution in [0, 0.1) is 0 Å². The van der Waals surface area contributed by atoms with Crippen molar-refractivity contribution in [1.82, 2.24) is 0 Å². The molecule has 0 aliphatic rings. The smallest absolute Gasteiger partial charge is 0.371 e. The molecule has 0 saturated carbocycles. The van der Waals surface area contributed by atoms with Crippen molar-refractivity contribution < 1.29 is 29.0 Å². The predicted molar refractivity (Wildman–Crippen MR) is 80.6 cm³/mol. The van der Waals surface area contributed by atoms with Crippen molar-refractivity contribution in [2.45, 2.75) is 13.3 Å². The van der Waals surface area contributed by atoms with E-state index in [0.29, 0.717) is 23.8 Å². The maximum Gasteiger partial charge on any atom is 0.371 e. The van der Waals surface area contributed by atoms with Gasteiger partial charge in [0.05, 0.1) is 0 Å². The number of hydrogen-bond donors (Lipinski definition) is 2. The van der Waals surface area contributed by atoms with Crippen molar-refractivity contribution in [1.29, 1.82) is 0 Å². The van der Waals surface area contributed by atoms with Crippen LogP contribution in [0.5, 0.6) is 0 Å². The molecule has 2 rings (SSSR count). The maximum absolute atomic E-state index is 11.7. The molecule has 0 fully saturated rings. The monoisotopic (exact) mass is 314 g/mol. The minimum absolute atomic E-state index is 0.0209. The third-order valence-electron chi connectivity index (χ3n) is 3.13. The summed E-state index contributed by atoms with van der Waals surface area (Å²) >= 11 is 0. The number of aliphatic hydroxyl groups excluding tert-OH is 1. The van der Waals surface area contributed by atoms with Gasteiger partial charge in [0.2, 0.25) is 11.5 Å². The van der Waals surface area contributed by atoms with Crippen LogP contribution < -0.4 is 0 Å². The van der Waals surface area contributed by atoms with E-state index >= 15 is 0 Å². The fourth-order valence-electron chi connectivity index (χ4n) is 1.92. The fourth-order valence-corrected chi connectivity index (χ4v) is 1.92. The number of benzene rings is 1. The quantitative estimate of drug-likeness (QED) is 0.482. The second kappa shape index (κ2) is 6.74. The van der Waals surface area contributed by atoms with Crippen LogP contribution in [-0.2, 0) is 11.2 Å². The van der Waals surface area contributed by atoms with Crippen molar-refractivity contribution in [3.8, 4) is 0 Å². The van der Waals surface area contributed by atoms with Crippen LogP contribution in [0.3, 0.4) is 0 Å². The number of aliphatic carboxylic acids is 1. The van der Waals surface area contributed by atoms with Gasteiger partial charge in [0, 0.05) is 18.1 Å². The van der Waals surface area contributed by atoms with Crippen molar-refractivity contribution in [2.75, 3.05) is 0 Å². The lowest BCUT2D eigenvalue weighted by Gasteiger charge is -2.00. The lowest BCUT2D eigenvalue weighted by molar-refractivity contribution is -0.135. The first kappa shape index (κ1) is 16.2. The van der Waals surface area contributed by atoms with Crippen molar-refractivity contribution in [3.63, 3.8) is 0 Å². The van der Waals surface area contributed by atoms with Crippen molar-refractivity contribution in [3.05, 3.63) is 70.9 Å². The lowest BCUT2D eigenvalue weighted by atomic mass is 10.1. The maximum atomic E-state index is 11.7. The zero-order chi connectivity index (χ0) is 17.0. The van der Waals surface area contributed by atoms with E-state index in [1.807, 2.05) is 0 Å². The highest BCUT2D eigenvalue weighted by atomic mass is 16.4. The van der Waals surface area contributed by atoms with E-state index in [1.54, 1.807) is 30.3 Å². The number of furan rings is 1. The summed E-state index contributed by atoms with van der Waals surface area (Å²) in [6.07, 6.45) is 1.01. The number of aliphatic hydroxyl groups is 1. The first-order valence-electron chi connectivity index (χ1n) is 6.73. The van der Waals surface area contributed by atoms with Gasteiger partial charge in [0.15, 0.2) is 11.5 Å². The highest BCUT2D eigenvalue weighted by molar-refractivity contribution is 6.06. The van der Waals surface area contributed by atoms with E-state index < -0.39 is 17.5 Å². The molecule has 1 aromatic heterocycles. The molecule has 6 nitrogen and oxygen atoms in total. The van der Waals surface area contributed by atoms with Crippen LogP contribution in [0.25, 0.3) is 0 Å². The predicted octanol–water partition coefficient (Wildman–Crippen LogP) is 2.78. The van der Waals surface area contributed by atoms with Crippen molar-refractivity contribution in [2.24, 2.45) is 0 Å². The first-order valence-corrected chi connectivity index (χ1v) is 6.73. The Balaban J connectivity index is 2.10. The zero-order valence-electron chi connectivity index (χ0n) is 12.3. The average molecular weight is 314 g/mol. The van der Waals surface area contributed by atoms with Gasteiger partial charge in [-0.3, -0.25) is 9.59 Å². The van der Waals surface area contributed by atoms with E-state index in [4.69, 9.17) is 14.6 Å². The molecule has 0 aliphatic carbocycles. The third-order valence-corrected chi connectivity index (χ3v) is 3.13. The molecule has 118 valence electrons. The summed E-state index contributed by atoms with van der Waals surface area (Å²) in [6.45, 7) is 1.49. The Kier molecular flexibility index (Phi) is 4.75. The Morgan fingerprint density at radius 1 is 1.04 bits per heavy atom. The van der Waals surface area contributed by atoms with Gasteiger partial charge in [-0.15, -0.1) is 0 Å². The van der Waals surface area contributed by atoms with E-state index in [1.165, 1.54) is 13.0 Å². The molecule has 1 aromatic carbocycles. The number of carbonyl (C=O) groups is 3. The second-order valence-electron chi connectivity index (χ2n) is 4.89. The van der Waals surface area contributed by atoms with E-state index in [9.17, 15) is 14.4 Å². The Morgan fingerprint density at radius 2 is 1.70 bits per heavy atom. The summed E-state index contributed by atoms with van der Waals surface area (Å²) in [5.74, 6) is -2.95. The molecule has 0 amide bonds. The summed E-state index contributed by atoms with van der Waals surface area (Å²) in [5.41, 5.74) is 1.51. The van der Waals surface area contributed by atoms with Crippen LogP contribution in [0.4, 0.5) is 0 Å². The number of hydrogen-bond acceptors (Lipinski definition) is 5. The highest BCUT2D eigenvalue weighted by Crippen LogP contribution is 2.15. The number of Topliss-reactive ketones (excluding diaryl/α,β-unsaturated/α-hetero) is 1. The molecular formula is C17H14O6. The van der Waals surface area contributed by atoms with E-state index in [2.05, 4.69) is 0 Å². The van der Waals surface area contributed by atoms with Gasteiger partial charge in [-0.05, 0) is 24.6 Å². The zero-order valence-corrected chi connectivity index (χ0v) is 12.3. The Bertz CT molecular complexity index is 780. The van der Waals surface area contributed by atoms with Crippen LogP contribution in [0.1, 0.15) is 39.2 Å². The summed E-state index contributed by atoms with van der Waals surface area (Å²) in [7, 11) is 0. The lowest BCUT2D eigenvalue weighted by Crippen LogP contribution is -2.03. The van der Waals surface area contributed by atoms with Gasteiger partial charge in [0.25, 0.3) is 0 Å². The normalized spacial score (nSPS) is 11.3. The number of carboxylic acid groups (broad SMARTS) is 1. The number of ketones is 2. The Morgan fingerprint density at radius 3 is 2.26 bits per heavy atom. The van der Waals surface area contributed by atoms with Gasteiger partial charge >= 0.3 is 5.97 Å². The van der Waals surface area contributed by atoms with Crippen LogP contribution in [-0.4, -0.2) is 27.7 Å². The molecule has 2 N–H and O–H groups in total. The second-order valence-corrected chi connectivity index (χ2v) is 4.89. The molecule has 23 heavy (non-hydrogen) atoms. The Hall–Kier alpha value is -3.15. The molecular weight excluding hydrogens is 300 g/mol. The van der Waals surface area contributed by atoms with Gasteiger partial charge in [-0.2, -0.15) is 0 Å². The summed E-state index contributed by atoms with van der Waals surface area (Å²) in [6, 6.07) is 10.00. The number of carbonyl (C=O) groups excluding carboxylic acids is 2. The third kappa shape index (κ3) is 4.16.